The SMILES string of the molecule is CC(C)(C)CCCCCC(=O)O.CO.[Co]. The Morgan fingerprint density at radius 3 is 1.87 bits per heavy atom. The van der Waals surface area contributed by atoms with E-state index >= 15 is 0 Å². The molecule has 0 bridgehead atoms. The quantitative estimate of drug-likeness (QED) is 0.750. The van der Waals surface area contributed by atoms with Gasteiger partial charge in [0.25, 0.3) is 0 Å². The van der Waals surface area contributed by atoms with Gasteiger partial charge < -0.3 is 10.2 Å². The maximum atomic E-state index is 10.2. The molecule has 0 amide bonds. The first-order valence-electron chi connectivity index (χ1n) is 5.08. The zero-order valence-electron chi connectivity index (χ0n) is 10.2. The third-order valence-electron chi connectivity index (χ3n) is 1.82. The van der Waals surface area contributed by atoms with Crippen molar-refractivity contribution in [2.45, 2.75) is 52.9 Å². The molecule has 0 atom stereocenters. The molecule has 0 spiro atoms. The number of aliphatic carboxylic acids is 1. The molecule has 0 saturated heterocycles. The van der Waals surface area contributed by atoms with E-state index in [-0.39, 0.29) is 16.8 Å². The predicted octanol–water partition coefficient (Wildman–Crippen LogP) is 2.67. The van der Waals surface area contributed by atoms with Crippen molar-refractivity contribution in [2.24, 2.45) is 5.41 Å². The van der Waals surface area contributed by atoms with E-state index in [4.69, 9.17) is 10.2 Å². The van der Waals surface area contributed by atoms with E-state index < -0.39 is 5.97 Å². The molecule has 3 nitrogen and oxygen atoms in total. The largest absolute Gasteiger partial charge is 0.481 e. The molecule has 0 aromatic carbocycles. The van der Waals surface area contributed by atoms with Crippen molar-refractivity contribution >= 4 is 5.97 Å². The van der Waals surface area contributed by atoms with Crippen LogP contribution in [0.5, 0.6) is 0 Å². The minimum atomic E-state index is -0.675. The van der Waals surface area contributed by atoms with Gasteiger partial charge in [0.1, 0.15) is 0 Å². The molecule has 15 heavy (non-hydrogen) atoms. The van der Waals surface area contributed by atoms with Crippen LogP contribution in [0.2, 0.25) is 0 Å². The average molecular weight is 263 g/mol. The zero-order valence-corrected chi connectivity index (χ0v) is 11.2. The first-order chi connectivity index (χ1) is 6.42. The van der Waals surface area contributed by atoms with E-state index in [0.29, 0.717) is 11.8 Å². The Balaban J connectivity index is -0.000000449. The van der Waals surface area contributed by atoms with Gasteiger partial charge >= 0.3 is 5.97 Å². The molecule has 0 heterocycles. The van der Waals surface area contributed by atoms with E-state index in [0.717, 1.165) is 26.4 Å². The summed E-state index contributed by atoms with van der Waals surface area (Å²) < 4.78 is 0. The van der Waals surface area contributed by atoms with Gasteiger partial charge in [-0.05, 0) is 18.3 Å². The molecular weight excluding hydrogens is 239 g/mol. The molecular formula is C11H24CoO3. The monoisotopic (exact) mass is 263 g/mol. The summed E-state index contributed by atoms with van der Waals surface area (Å²) in [6.45, 7) is 6.64. The molecule has 0 aliphatic rings. The second kappa shape index (κ2) is 12.0. The van der Waals surface area contributed by atoms with Crippen LogP contribution in [0.3, 0.4) is 0 Å². The summed E-state index contributed by atoms with van der Waals surface area (Å²) in [4.78, 5) is 10.2. The van der Waals surface area contributed by atoms with E-state index in [1.807, 2.05) is 0 Å². The maximum absolute atomic E-state index is 10.2. The predicted molar refractivity (Wildman–Crippen MR) is 58.3 cm³/mol. The number of carbonyl (C=O) groups is 1. The fourth-order valence-electron chi connectivity index (χ4n) is 1.11. The van der Waals surface area contributed by atoms with Crippen molar-refractivity contribution in [3.63, 3.8) is 0 Å². The molecule has 95 valence electrons. The normalized spacial score (nSPS) is 9.67. The van der Waals surface area contributed by atoms with Crippen LogP contribution < -0.4 is 0 Å². The van der Waals surface area contributed by atoms with Crippen LogP contribution in [0.4, 0.5) is 0 Å². The maximum Gasteiger partial charge on any atom is 0.303 e. The van der Waals surface area contributed by atoms with Crippen molar-refractivity contribution in [1.29, 1.82) is 0 Å². The summed E-state index contributed by atoms with van der Waals surface area (Å²) in [5.74, 6) is -0.675. The molecule has 0 fully saturated rings. The van der Waals surface area contributed by atoms with E-state index in [1.54, 1.807) is 0 Å². The fourth-order valence-corrected chi connectivity index (χ4v) is 1.11. The second-order valence-corrected chi connectivity index (χ2v) is 4.52. The van der Waals surface area contributed by atoms with Crippen LogP contribution in [0.1, 0.15) is 52.9 Å². The van der Waals surface area contributed by atoms with Gasteiger partial charge in [-0.1, -0.05) is 33.6 Å². The molecule has 0 aliphatic heterocycles. The fraction of sp³-hybridized carbons (Fsp3) is 0.909. The number of hydrogen-bond donors (Lipinski definition) is 2. The molecule has 0 aromatic heterocycles. The summed E-state index contributed by atoms with van der Waals surface area (Å²) in [6.07, 6.45) is 4.53. The van der Waals surface area contributed by atoms with Crippen molar-refractivity contribution in [3.05, 3.63) is 0 Å². The number of aliphatic hydroxyl groups excluding tert-OH is 1. The minimum Gasteiger partial charge on any atom is -0.481 e. The Labute approximate surface area is 103 Å². The number of rotatable bonds is 5. The second-order valence-electron chi connectivity index (χ2n) is 4.52. The molecule has 0 aromatic rings. The van der Waals surface area contributed by atoms with Crippen molar-refractivity contribution in [2.75, 3.05) is 7.11 Å². The Bertz CT molecular complexity index is 141. The van der Waals surface area contributed by atoms with Gasteiger partial charge in [-0.25, -0.2) is 0 Å². The number of carboxylic acids is 1. The molecule has 0 saturated carbocycles. The van der Waals surface area contributed by atoms with Crippen LogP contribution in [-0.2, 0) is 21.6 Å². The first kappa shape index (κ1) is 20.4. The molecule has 2 N–H and O–H groups in total. The topological polar surface area (TPSA) is 57.5 Å². The van der Waals surface area contributed by atoms with Crippen molar-refractivity contribution < 1.29 is 31.8 Å². The summed E-state index contributed by atoms with van der Waals surface area (Å²) in [7, 11) is 1.00. The van der Waals surface area contributed by atoms with E-state index in [1.165, 1.54) is 6.42 Å². The van der Waals surface area contributed by atoms with Crippen molar-refractivity contribution in [3.8, 4) is 0 Å². The van der Waals surface area contributed by atoms with Gasteiger partial charge in [0, 0.05) is 30.3 Å². The molecule has 0 unspecified atom stereocenters. The van der Waals surface area contributed by atoms with Gasteiger partial charge in [0.05, 0.1) is 0 Å². The summed E-state index contributed by atoms with van der Waals surface area (Å²) in [6, 6.07) is 0. The number of aliphatic hydroxyl groups is 1. The smallest absolute Gasteiger partial charge is 0.303 e. The molecule has 0 aliphatic carbocycles. The summed E-state index contributed by atoms with van der Waals surface area (Å²) >= 11 is 0. The van der Waals surface area contributed by atoms with Gasteiger partial charge in [-0.3, -0.25) is 4.79 Å². The van der Waals surface area contributed by atoms with Crippen LogP contribution in [0, 0.1) is 5.41 Å². The Morgan fingerprint density at radius 2 is 1.53 bits per heavy atom. The van der Waals surface area contributed by atoms with E-state index in [2.05, 4.69) is 20.8 Å². The van der Waals surface area contributed by atoms with Gasteiger partial charge in [0.2, 0.25) is 0 Å². The molecule has 0 rings (SSSR count). The van der Waals surface area contributed by atoms with Crippen molar-refractivity contribution in [1.82, 2.24) is 0 Å². The average Bonchev–Trinajstić information content (AvgIpc) is 2.05. The summed E-state index contributed by atoms with van der Waals surface area (Å²) in [5, 5.41) is 15.4. The van der Waals surface area contributed by atoms with E-state index in [9.17, 15) is 4.79 Å². The van der Waals surface area contributed by atoms with Crippen LogP contribution in [0.15, 0.2) is 0 Å². The Kier molecular flexibility index (Phi) is 16.3. The van der Waals surface area contributed by atoms with Crippen LogP contribution in [-0.4, -0.2) is 23.3 Å². The number of carboxylic acid groups (broad SMARTS) is 1. The molecule has 1 radical (unpaired) electrons. The third kappa shape index (κ3) is 24.9. The third-order valence-corrected chi connectivity index (χ3v) is 1.82. The van der Waals surface area contributed by atoms with Gasteiger partial charge in [-0.2, -0.15) is 0 Å². The van der Waals surface area contributed by atoms with Gasteiger partial charge in [-0.15, -0.1) is 0 Å². The standard InChI is InChI=1S/C10H20O2.CH4O.Co/c1-10(2,3)8-6-4-5-7-9(11)12;1-2;/h4-8H2,1-3H3,(H,11,12);2H,1H3;. The number of unbranched alkanes of at least 4 members (excludes halogenated alkanes) is 2. The Morgan fingerprint density at radius 1 is 1.07 bits per heavy atom. The minimum absolute atomic E-state index is 0. The number of hydrogen-bond acceptors (Lipinski definition) is 2. The zero-order chi connectivity index (χ0) is 11.6. The molecule has 4 heteroatoms. The first-order valence-corrected chi connectivity index (χ1v) is 5.08. The Hall–Kier alpha value is -0.0635. The summed E-state index contributed by atoms with van der Waals surface area (Å²) in [5.41, 5.74) is 0.392. The van der Waals surface area contributed by atoms with Gasteiger partial charge in [0.15, 0.2) is 0 Å². The van der Waals surface area contributed by atoms with Crippen LogP contribution in [0.25, 0.3) is 0 Å². The van der Waals surface area contributed by atoms with Crippen LogP contribution >= 0.6 is 0 Å².